The Morgan fingerprint density at radius 3 is 3.12 bits per heavy atom. The van der Waals surface area contributed by atoms with Gasteiger partial charge in [0.2, 0.25) is 5.91 Å². The van der Waals surface area contributed by atoms with E-state index in [1.807, 2.05) is 4.90 Å². The molecule has 4 rings (SSSR count). The first kappa shape index (κ1) is 15.7. The van der Waals surface area contributed by atoms with Crippen LogP contribution in [0.2, 0.25) is 5.15 Å². The zero-order valence-corrected chi connectivity index (χ0v) is 13.9. The molecule has 1 fully saturated rings. The summed E-state index contributed by atoms with van der Waals surface area (Å²) in [6, 6.07) is 1.64. The van der Waals surface area contributed by atoms with Crippen LogP contribution in [0.15, 0.2) is 15.0 Å². The Morgan fingerprint density at radius 2 is 2.38 bits per heavy atom. The predicted molar refractivity (Wildman–Crippen MR) is 83.6 cm³/mol. The van der Waals surface area contributed by atoms with Gasteiger partial charge in [-0.15, -0.1) is 0 Å². The van der Waals surface area contributed by atoms with E-state index in [9.17, 15) is 4.79 Å². The fourth-order valence-electron chi connectivity index (χ4n) is 3.13. The van der Waals surface area contributed by atoms with Gasteiger partial charge in [0.15, 0.2) is 11.0 Å². The molecule has 1 unspecified atom stereocenters. The Kier molecular flexibility index (Phi) is 4.28. The number of ether oxygens (including phenoxy) is 1. The van der Waals surface area contributed by atoms with E-state index in [0.717, 1.165) is 30.4 Å². The van der Waals surface area contributed by atoms with Crippen molar-refractivity contribution in [3.8, 4) is 0 Å². The van der Waals surface area contributed by atoms with Gasteiger partial charge >= 0.3 is 0 Å². The molecule has 1 amide bonds. The third kappa shape index (κ3) is 3.18. The summed E-state index contributed by atoms with van der Waals surface area (Å²) >= 11 is 5.71. The molecule has 24 heavy (non-hydrogen) atoms. The Balaban J connectivity index is 1.37. The summed E-state index contributed by atoms with van der Waals surface area (Å²) in [5.41, 5.74) is 0.874. The molecule has 8 heteroatoms. The van der Waals surface area contributed by atoms with Crippen LogP contribution in [0.4, 0.5) is 0 Å². The van der Waals surface area contributed by atoms with Crippen molar-refractivity contribution in [2.75, 3.05) is 19.8 Å². The van der Waals surface area contributed by atoms with E-state index in [-0.39, 0.29) is 11.8 Å². The van der Waals surface area contributed by atoms with E-state index in [0.29, 0.717) is 49.9 Å². The van der Waals surface area contributed by atoms with Gasteiger partial charge in [-0.2, -0.15) is 0 Å². The maximum Gasteiger partial charge on any atom is 0.223 e. The molecule has 4 heterocycles. The van der Waals surface area contributed by atoms with Crippen LogP contribution in [0, 0.1) is 0 Å². The largest absolute Gasteiger partial charge is 0.445 e. The first-order chi connectivity index (χ1) is 11.7. The molecule has 1 saturated heterocycles. The Bertz CT molecular complexity index is 736. The quantitative estimate of drug-likeness (QED) is 0.841. The van der Waals surface area contributed by atoms with Crippen LogP contribution in [0.5, 0.6) is 0 Å². The third-order valence-electron chi connectivity index (χ3n) is 4.49. The lowest BCUT2D eigenvalue weighted by Gasteiger charge is -2.25. The number of nitrogens with zero attached hydrogens (tertiary/aromatic N) is 3. The molecule has 2 aromatic heterocycles. The molecule has 0 saturated carbocycles. The van der Waals surface area contributed by atoms with Crippen molar-refractivity contribution >= 4 is 17.5 Å². The Labute approximate surface area is 143 Å². The van der Waals surface area contributed by atoms with Crippen molar-refractivity contribution in [2.24, 2.45) is 0 Å². The molecule has 128 valence electrons. The fraction of sp³-hybridized carbons (Fsp3) is 0.562. The molecule has 2 aliphatic heterocycles. The van der Waals surface area contributed by atoms with Crippen molar-refractivity contribution in [3.63, 3.8) is 0 Å². The molecule has 0 N–H and O–H groups in total. The highest BCUT2D eigenvalue weighted by molar-refractivity contribution is 6.29. The van der Waals surface area contributed by atoms with Gasteiger partial charge in [-0.1, -0.05) is 16.8 Å². The SMILES string of the molecule is O=C(CCc1cc(Cl)no1)N1CCc2oc(C3CCOC3)nc2C1. The van der Waals surface area contributed by atoms with Gasteiger partial charge in [-0.25, -0.2) is 4.98 Å². The summed E-state index contributed by atoms with van der Waals surface area (Å²) in [5, 5.41) is 3.92. The third-order valence-corrected chi connectivity index (χ3v) is 4.67. The van der Waals surface area contributed by atoms with Gasteiger partial charge in [0, 0.05) is 38.5 Å². The van der Waals surface area contributed by atoms with Gasteiger partial charge in [0.25, 0.3) is 0 Å². The molecular weight excluding hydrogens is 334 g/mol. The molecule has 0 bridgehead atoms. The summed E-state index contributed by atoms with van der Waals surface area (Å²) < 4.78 is 16.3. The average molecular weight is 352 g/mol. The molecular formula is C16H18ClN3O4. The van der Waals surface area contributed by atoms with E-state index >= 15 is 0 Å². The standard InChI is InChI=1S/C16H18ClN3O4/c17-14-7-11(24-19-14)1-2-15(21)20-5-3-13-12(8-20)18-16(23-13)10-4-6-22-9-10/h7,10H,1-6,8-9H2. The van der Waals surface area contributed by atoms with Crippen molar-refractivity contribution in [1.29, 1.82) is 0 Å². The second-order valence-electron chi connectivity index (χ2n) is 6.16. The smallest absolute Gasteiger partial charge is 0.223 e. The van der Waals surface area contributed by atoms with Gasteiger partial charge < -0.3 is 18.6 Å². The van der Waals surface area contributed by atoms with Crippen molar-refractivity contribution in [1.82, 2.24) is 15.0 Å². The highest BCUT2D eigenvalue weighted by Crippen LogP contribution is 2.29. The molecule has 2 aliphatic rings. The maximum absolute atomic E-state index is 12.4. The number of oxazole rings is 1. The lowest BCUT2D eigenvalue weighted by atomic mass is 10.1. The first-order valence-electron chi connectivity index (χ1n) is 8.14. The topological polar surface area (TPSA) is 81.6 Å². The van der Waals surface area contributed by atoms with Gasteiger partial charge in [-0.3, -0.25) is 4.79 Å². The summed E-state index contributed by atoms with van der Waals surface area (Å²) in [4.78, 5) is 18.8. The van der Waals surface area contributed by atoms with E-state index in [1.165, 1.54) is 0 Å². The lowest BCUT2D eigenvalue weighted by Crippen LogP contribution is -2.35. The lowest BCUT2D eigenvalue weighted by molar-refractivity contribution is -0.132. The van der Waals surface area contributed by atoms with Crippen molar-refractivity contribution in [2.45, 2.75) is 38.1 Å². The Hall–Kier alpha value is -1.86. The summed E-state index contributed by atoms with van der Waals surface area (Å²) in [6.45, 7) is 2.58. The molecule has 0 aliphatic carbocycles. The van der Waals surface area contributed by atoms with Crippen molar-refractivity contribution < 1.29 is 18.5 Å². The molecule has 1 atom stereocenters. The van der Waals surface area contributed by atoms with Crippen LogP contribution >= 0.6 is 11.6 Å². The number of amides is 1. The second-order valence-corrected chi connectivity index (χ2v) is 6.55. The van der Waals surface area contributed by atoms with Crippen LogP contribution < -0.4 is 0 Å². The van der Waals surface area contributed by atoms with E-state index < -0.39 is 0 Å². The number of carbonyl (C=O) groups is 1. The van der Waals surface area contributed by atoms with Crippen LogP contribution in [-0.4, -0.2) is 40.7 Å². The average Bonchev–Trinajstić information content (AvgIpc) is 3.31. The molecule has 0 aromatic carbocycles. The number of fused-ring (bicyclic) bond motifs is 1. The number of carbonyl (C=O) groups excluding carboxylic acids is 1. The summed E-state index contributed by atoms with van der Waals surface area (Å²) in [5.74, 6) is 2.60. The summed E-state index contributed by atoms with van der Waals surface area (Å²) in [7, 11) is 0. The minimum atomic E-state index is 0.0712. The van der Waals surface area contributed by atoms with Gasteiger partial charge in [0.05, 0.1) is 19.1 Å². The molecule has 0 spiro atoms. The van der Waals surface area contributed by atoms with Crippen LogP contribution in [0.1, 0.15) is 41.9 Å². The van der Waals surface area contributed by atoms with Crippen LogP contribution in [0.3, 0.4) is 0 Å². The monoisotopic (exact) mass is 351 g/mol. The molecule has 7 nitrogen and oxygen atoms in total. The summed E-state index contributed by atoms with van der Waals surface area (Å²) in [6.07, 6.45) is 2.50. The van der Waals surface area contributed by atoms with E-state index in [1.54, 1.807) is 6.07 Å². The zero-order valence-electron chi connectivity index (χ0n) is 13.2. The minimum Gasteiger partial charge on any atom is -0.445 e. The minimum absolute atomic E-state index is 0.0712. The maximum atomic E-state index is 12.4. The van der Waals surface area contributed by atoms with Gasteiger partial charge in [0.1, 0.15) is 17.2 Å². The van der Waals surface area contributed by atoms with Crippen LogP contribution in [-0.2, 0) is 28.9 Å². The number of aryl methyl sites for hydroxylation is 1. The first-order valence-corrected chi connectivity index (χ1v) is 8.52. The number of rotatable bonds is 4. The second kappa shape index (κ2) is 6.57. The van der Waals surface area contributed by atoms with E-state index in [4.69, 9.17) is 25.3 Å². The van der Waals surface area contributed by atoms with E-state index in [2.05, 4.69) is 10.1 Å². The predicted octanol–water partition coefficient (Wildman–Crippen LogP) is 2.34. The number of halogens is 1. The molecule has 2 aromatic rings. The zero-order chi connectivity index (χ0) is 16.5. The van der Waals surface area contributed by atoms with Crippen molar-refractivity contribution in [3.05, 3.63) is 34.3 Å². The van der Waals surface area contributed by atoms with Crippen LogP contribution in [0.25, 0.3) is 0 Å². The number of aromatic nitrogens is 2. The highest BCUT2D eigenvalue weighted by Gasteiger charge is 2.29. The Morgan fingerprint density at radius 1 is 1.46 bits per heavy atom. The van der Waals surface area contributed by atoms with Gasteiger partial charge in [-0.05, 0) is 6.42 Å². The highest BCUT2D eigenvalue weighted by atomic mass is 35.5. The normalized spacial score (nSPS) is 20.4. The molecule has 0 radical (unpaired) electrons. The number of hydrogen-bond donors (Lipinski definition) is 0. The number of hydrogen-bond acceptors (Lipinski definition) is 6. The fourth-order valence-corrected chi connectivity index (χ4v) is 3.29.